The zero-order valence-electron chi connectivity index (χ0n) is 10.7. The van der Waals surface area contributed by atoms with E-state index in [1.165, 1.54) is 30.0 Å². The fraction of sp³-hybridized carbons (Fsp3) is 0.385. The van der Waals surface area contributed by atoms with Crippen LogP contribution in [0.2, 0.25) is 0 Å². The molecule has 0 heterocycles. The highest BCUT2D eigenvalue weighted by Crippen LogP contribution is 2.31. The monoisotopic (exact) mass is 282 g/mol. The van der Waals surface area contributed by atoms with Crippen molar-refractivity contribution in [3.05, 3.63) is 35.1 Å². The summed E-state index contributed by atoms with van der Waals surface area (Å²) < 4.78 is 12.3. The standard InChI is InChI=1S/C13H15FN2O2S/c1-13(2,11(16)12(17)18)19-7-8-3-4-10(14)5-9(8)6-15/h3-5,11H,7,16H2,1-2H3,(H,17,18)/t11-/m1/s1. The van der Waals surface area contributed by atoms with Crippen LogP contribution >= 0.6 is 11.8 Å². The molecule has 0 bridgehead atoms. The normalized spacial score (nSPS) is 12.8. The Kier molecular flexibility index (Phi) is 4.92. The number of halogens is 1. The topological polar surface area (TPSA) is 87.1 Å². The minimum absolute atomic E-state index is 0.257. The van der Waals surface area contributed by atoms with Gasteiger partial charge >= 0.3 is 5.97 Å². The summed E-state index contributed by atoms with van der Waals surface area (Å²) >= 11 is 1.32. The predicted octanol–water partition coefficient (Wildman–Crippen LogP) is 2.12. The Balaban J connectivity index is 2.83. The maximum atomic E-state index is 13.0. The number of rotatable bonds is 5. The van der Waals surface area contributed by atoms with Crippen molar-refractivity contribution in [2.24, 2.45) is 5.73 Å². The van der Waals surface area contributed by atoms with E-state index in [0.29, 0.717) is 11.3 Å². The molecule has 1 aromatic rings. The first-order chi connectivity index (χ1) is 8.77. The average Bonchev–Trinajstić information content (AvgIpc) is 2.36. The molecule has 6 heteroatoms. The number of nitrogens with zero attached hydrogens (tertiary/aromatic N) is 1. The van der Waals surface area contributed by atoms with E-state index in [2.05, 4.69) is 0 Å². The predicted molar refractivity (Wildman–Crippen MR) is 72.1 cm³/mol. The van der Waals surface area contributed by atoms with Gasteiger partial charge in [0.15, 0.2) is 0 Å². The number of carboxylic acid groups (broad SMARTS) is 1. The van der Waals surface area contributed by atoms with Gasteiger partial charge in [-0.1, -0.05) is 6.07 Å². The van der Waals surface area contributed by atoms with E-state index in [1.54, 1.807) is 13.8 Å². The van der Waals surface area contributed by atoms with Gasteiger partial charge in [-0.2, -0.15) is 5.26 Å². The van der Waals surface area contributed by atoms with Crippen LogP contribution in [-0.2, 0) is 10.5 Å². The van der Waals surface area contributed by atoms with Crippen LogP contribution in [0, 0.1) is 17.1 Å². The summed E-state index contributed by atoms with van der Waals surface area (Å²) in [6.07, 6.45) is 0. The highest BCUT2D eigenvalue weighted by molar-refractivity contribution is 7.99. The van der Waals surface area contributed by atoms with Gasteiger partial charge < -0.3 is 10.8 Å². The molecule has 0 saturated carbocycles. The molecular weight excluding hydrogens is 267 g/mol. The van der Waals surface area contributed by atoms with Gasteiger partial charge in [-0.15, -0.1) is 11.8 Å². The van der Waals surface area contributed by atoms with Gasteiger partial charge in [-0.25, -0.2) is 4.39 Å². The molecule has 1 atom stereocenters. The Bertz CT molecular complexity index is 526. The summed E-state index contributed by atoms with van der Waals surface area (Å²) in [6, 6.07) is 4.89. The lowest BCUT2D eigenvalue weighted by Gasteiger charge is -2.28. The van der Waals surface area contributed by atoms with Crippen molar-refractivity contribution in [1.82, 2.24) is 0 Å². The molecule has 0 saturated heterocycles. The highest BCUT2D eigenvalue weighted by Gasteiger charge is 2.32. The molecule has 3 N–H and O–H groups in total. The van der Waals surface area contributed by atoms with Gasteiger partial charge in [-0.3, -0.25) is 4.79 Å². The Morgan fingerprint density at radius 1 is 1.63 bits per heavy atom. The average molecular weight is 282 g/mol. The largest absolute Gasteiger partial charge is 0.480 e. The van der Waals surface area contributed by atoms with Gasteiger partial charge in [0.1, 0.15) is 11.9 Å². The van der Waals surface area contributed by atoms with Crippen molar-refractivity contribution in [3.8, 4) is 6.07 Å². The maximum absolute atomic E-state index is 13.0. The van der Waals surface area contributed by atoms with Crippen LogP contribution in [0.4, 0.5) is 4.39 Å². The molecule has 19 heavy (non-hydrogen) atoms. The van der Waals surface area contributed by atoms with Crippen LogP contribution in [0.25, 0.3) is 0 Å². The molecule has 4 nitrogen and oxygen atoms in total. The van der Waals surface area contributed by atoms with Crippen LogP contribution in [0.3, 0.4) is 0 Å². The number of thioether (sulfide) groups is 1. The molecule has 0 aromatic heterocycles. The second-order valence-corrected chi connectivity index (χ2v) is 6.25. The van der Waals surface area contributed by atoms with Gasteiger partial charge in [0.05, 0.1) is 11.6 Å². The molecule has 1 rings (SSSR count). The Labute approximate surface area is 115 Å². The lowest BCUT2D eigenvalue weighted by Crippen LogP contribution is -2.46. The van der Waals surface area contributed by atoms with E-state index in [4.69, 9.17) is 16.1 Å². The molecular formula is C13H15FN2O2S. The zero-order chi connectivity index (χ0) is 14.6. The van der Waals surface area contributed by atoms with E-state index in [0.717, 1.165) is 0 Å². The zero-order valence-corrected chi connectivity index (χ0v) is 11.5. The summed E-state index contributed by atoms with van der Waals surface area (Å²) in [6.45, 7) is 3.46. The van der Waals surface area contributed by atoms with Gasteiger partial charge in [-0.05, 0) is 31.5 Å². The summed E-state index contributed by atoms with van der Waals surface area (Å²) in [5.74, 6) is -1.14. The first-order valence-electron chi connectivity index (χ1n) is 5.59. The Hall–Kier alpha value is -1.58. The summed E-state index contributed by atoms with van der Waals surface area (Å²) in [5.41, 5.74) is 6.53. The summed E-state index contributed by atoms with van der Waals surface area (Å²) in [7, 11) is 0. The number of carboxylic acids is 1. The van der Waals surface area contributed by atoms with Gasteiger partial charge in [0.2, 0.25) is 0 Å². The van der Waals surface area contributed by atoms with Crippen molar-refractivity contribution in [2.75, 3.05) is 0 Å². The number of carbonyl (C=O) groups is 1. The number of nitriles is 1. The Morgan fingerprint density at radius 2 is 2.26 bits per heavy atom. The maximum Gasteiger partial charge on any atom is 0.321 e. The molecule has 0 aliphatic carbocycles. The van der Waals surface area contributed by atoms with Gasteiger partial charge in [0, 0.05) is 10.5 Å². The first kappa shape index (κ1) is 15.5. The number of nitrogens with two attached hydrogens (primary N) is 1. The van der Waals surface area contributed by atoms with Crippen molar-refractivity contribution in [3.63, 3.8) is 0 Å². The van der Waals surface area contributed by atoms with Crippen LogP contribution in [0.15, 0.2) is 18.2 Å². The Morgan fingerprint density at radius 3 is 2.79 bits per heavy atom. The third kappa shape index (κ3) is 3.94. The lowest BCUT2D eigenvalue weighted by atomic mass is 10.1. The number of hydrogen-bond acceptors (Lipinski definition) is 4. The van der Waals surface area contributed by atoms with Crippen molar-refractivity contribution < 1.29 is 14.3 Å². The third-order valence-electron chi connectivity index (χ3n) is 2.81. The number of benzene rings is 1. The van der Waals surface area contributed by atoms with Crippen LogP contribution in [-0.4, -0.2) is 21.9 Å². The van der Waals surface area contributed by atoms with Gasteiger partial charge in [0.25, 0.3) is 0 Å². The molecule has 0 fully saturated rings. The second-order valence-electron chi connectivity index (χ2n) is 4.62. The molecule has 0 unspecified atom stereocenters. The minimum Gasteiger partial charge on any atom is -0.480 e. The van der Waals surface area contributed by atoms with E-state index in [-0.39, 0.29) is 5.56 Å². The van der Waals surface area contributed by atoms with Crippen LogP contribution in [0.5, 0.6) is 0 Å². The molecule has 0 spiro atoms. The molecule has 102 valence electrons. The molecule has 0 aliphatic rings. The first-order valence-corrected chi connectivity index (χ1v) is 6.57. The molecule has 0 amide bonds. The number of aliphatic carboxylic acids is 1. The van der Waals surface area contributed by atoms with Crippen molar-refractivity contribution >= 4 is 17.7 Å². The van der Waals surface area contributed by atoms with E-state index in [9.17, 15) is 9.18 Å². The highest BCUT2D eigenvalue weighted by atomic mass is 32.2. The summed E-state index contributed by atoms with van der Waals surface area (Å²) in [5, 5.41) is 17.8. The lowest BCUT2D eigenvalue weighted by molar-refractivity contribution is -0.139. The summed E-state index contributed by atoms with van der Waals surface area (Å²) in [4.78, 5) is 10.9. The van der Waals surface area contributed by atoms with E-state index < -0.39 is 22.6 Å². The molecule has 0 radical (unpaired) electrons. The third-order valence-corrected chi connectivity index (χ3v) is 4.26. The van der Waals surface area contributed by atoms with Crippen LogP contribution < -0.4 is 5.73 Å². The van der Waals surface area contributed by atoms with Crippen molar-refractivity contribution in [1.29, 1.82) is 5.26 Å². The molecule has 0 aliphatic heterocycles. The smallest absolute Gasteiger partial charge is 0.321 e. The van der Waals surface area contributed by atoms with E-state index in [1.807, 2.05) is 6.07 Å². The second kappa shape index (κ2) is 6.04. The molecule has 1 aromatic carbocycles. The minimum atomic E-state index is -1.07. The van der Waals surface area contributed by atoms with Crippen molar-refractivity contribution in [2.45, 2.75) is 30.4 Å². The quantitative estimate of drug-likeness (QED) is 0.863. The van der Waals surface area contributed by atoms with Crippen LogP contribution in [0.1, 0.15) is 25.0 Å². The SMILES string of the molecule is CC(C)(SCc1ccc(F)cc1C#N)[C@H](N)C(=O)O. The number of hydrogen-bond donors (Lipinski definition) is 2. The van der Waals surface area contributed by atoms with E-state index >= 15 is 0 Å². The fourth-order valence-electron chi connectivity index (χ4n) is 1.43. The fourth-order valence-corrected chi connectivity index (χ4v) is 2.49.